The van der Waals surface area contributed by atoms with Gasteiger partial charge in [0.05, 0.1) is 6.61 Å². The molecule has 0 heterocycles. The van der Waals surface area contributed by atoms with Gasteiger partial charge in [-0.05, 0) is 96.3 Å². The van der Waals surface area contributed by atoms with Crippen molar-refractivity contribution in [1.29, 1.82) is 0 Å². The normalized spacial score (nSPS) is 12.6. The van der Waals surface area contributed by atoms with Crippen LogP contribution in [-0.4, -0.2) is 37.9 Å². The van der Waals surface area contributed by atoms with E-state index >= 15 is 0 Å². The fraction of sp³-hybridized carbons (Fsp3) is 0.789. The van der Waals surface area contributed by atoms with Gasteiger partial charge in [-0.25, -0.2) is 0 Å². The number of ether oxygens (including phenoxy) is 3. The predicted octanol–water partition coefficient (Wildman–Crippen LogP) is 18.1. The Kier molecular flexibility index (Phi) is 50.9. The lowest BCUT2D eigenvalue weighted by Gasteiger charge is -2.18. The zero-order chi connectivity index (χ0) is 44.9. The lowest BCUT2D eigenvalue weighted by molar-refractivity contribution is -0.163. The van der Waals surface area contributed by atoms with Crippen LogP contribution < -0.4 is 0 Å². The summed E-state index contributed by atoms with van der Waals surface area (Å²) in [5, 5.41) is 0. The maximum absolute atomic E-state index is 12.8. The van der Waals surface area contributed by atoms with Crippen LogP contribution >= 0.6 is 0 Å². The molecule has 5 heteroatoms. The third kappa shape index (κ3) is 50.2. The molecule has 0 aliphatic heterocycles. The average Bonchev–Trinajstić information content (AvgIpc) is 3.27. The van der Waals surface area contributed by atoms with Crippen LogP contribution in [0, 0.1) is 0 Å². The van der Waals surface area contributed by atoms with E-state index in [1.807, 2.05) is 0 Å². The zero-order valence-electron chi connectivity index (χ0n) is 41.4. The number of rotatable bonds is 49. The quantitative estimate of drug-likeness (QED) is 0.0346. The fourth-order valence-corrected chi connectivity index (χ4v) is 7.50. The van der Waals surface area contributed by atoms with Gasteiger partial charge in [0.1, 0.15) is 6.61 Å². The largest absolute Gasteiger partial charge is 0.462 e. The molecule has 1 atom stereocenters. The Labute approximate surface area is 385 Å². The first-order valence-corrected chi connectivity index (χ1v) is 26.8. The van der Waals surface area contributed by atoms with Crippen LogP contribution in [0.5, 0.6) is 0 Å². The Hall–Kier alpha value is -2.40. The molecule has 360 valence electrons. The first-order chi connectivity index (χ1) is 30.6. The Bertz CT molecular complexity index is 1070. The summed E-state index contributed by atoms with van der Waals surface area (Å²) in [4.78, 5) is 25.4. The van der Waals surface area contributed by atoms with Gasteiger partial charge < -0.3 is 14.2 Å². The molecule has 0 N–H and O–H groups in total. The van der Waals surface area contributed by atoms with Gasteiger partial charge in [0, 0.05) is 19.4 Å². The van der Waals surface area contributed by atoms with E-state index in [-0.39, 0.29) is 25.2 Å². The average molecular weight is 867 g/mol. The maximum Gasteiger partial charge on any atom is 0.306 e. The minimum atomic E-state index is -0.548. The van der Waals surface area contributed by atoms with Crippen molar-refractivity contribution in [2.45, 2.75) is 271 Å². The number of carbonyl (C=O) groups excluding carboxylic acids is 2. The summed E-state index contributed by atoms with van der Waals surface area (Å²) in [5.41, 5.74) is 0. The van der Waals surface area contributed by atoms with Gasteiger partial charge in [-0.1, -0.05) is 216 Å². The molecule has 0 amide bonds. The molecule has 0 aliphatic carbocycles. The zero-order valence-corrected chi connectivity index (χ0v) is 41.4. The molecule has 0 rings (SSSR count). The van der Waals surface area contributed by atoms with Crippen LogP contribution in [0.4, 0.5) is 0 Å². The Morgan fingerprint density at radius 2 is 0.742 bits per heavy atom. The number of hydrogen-bond donors (Lipinski definition) is 0. The number of carbonyl (C=O) groups is 2. The van der Waals surface area contributed by atoms with Gasteiger partial charge in [0.15, 0.2) is 6.10 Å². The van der Waals surface area contributed by atoms with Gasteiger partial charge >= 0.3 is 11.9 Å². The summed E-state index contributed by atoms with van der Waals surface area (Å²) >= 11 is 0. The molecule has 0 bridgehead atoms. The molecule has 0 radical (unpaired) electrons. The minimum Gasteiger partial charge on any atom is -0.462 e. The van der Waals surface area contributed by atoms with Crippen molar-refractivity contribution in [3.63, 3.8) is 0 Å². The van der Waals surface area contributed by atoms with Crippen LogP contribution in [0.15, 0.2) is 60.8 Å². The highest BCUT2D eigenvalue weighted by Crippen LogP contribution is 2.14. The number of allylic oxidation sites excluding steroid dienone is 10. The second-order valence-electron chi connectivity index (χ2n) is 17.7. The summed E-state index contributed by atoms with van der Waals surface area (Å²) in [7, 11) is 0. The van der Waals surface area contributed by atoms with Crippen molar-refractivity contribution < 1.29 is 23.8 Å². The molecule has 0 saturated carbocycles. The van der Waals surface area contributed by atoms with Crippen LogP contribution in [0.3, 0.4) is 0 Å². The molecule has 0 aromatic carbocycles. The molecule has 1 unspecified atom stereocenters. The molecule has 0 saturated heterocycles. The standard InChI is InChI=1S/C57H102O5/c1-4-7-10-13-16-19-22-24-26-27-28-29-30-32-34-37-40-43-46-49-52-60-53-55(62-57(59)51-48-45-42-39-35-21-18-15-12-9-6-3)54-61-56(58)50-47-44-41-38-36-33-31-25-23-20-17-14-11-8-5-2/h8,11,15,17-18,20,24-26,31,55H,4-7,9-10,12-14,16,19,21-23,27-30,32-54H2,1-3H3/b11-8-,18-15-,20-17-,26-24-,31-25-. The Morgan fingerprint density at radius 3 is 1.23 bits per heavy atom. The summed E-state index contributed by atoms with van der Waals surface area (Å²) < 4.78 is 17.4. The molecule has 0 aliphatic rings. The van der Waals surface area contributed by atoms with Crippen LogP contribution in [0.2, 0.25) is 0 Å². The van der Waals surface area contributed by atoms with E-state index < -0.39 is 6.10 Å². The van der Waals surface area contributed by atoms with Gasteiger partial charge in [-0.15, -0.1) is 0 Å². The first-order valence-electron chi connectivity index (χ1n) is 26.8. The molecule has 5 nitrogen and oxygen atoms in total. The van der Waals surface area contributed by atoms with E-state index in [0.717, 1.165) is 83.5 Å². The van der Waals surface area contributed by atoms with E-state index in [9.17, 15) is 9.59 Å². The Morgan fingerprint density at radius 1 is 0.371 bits per heavy atom. The van der Waals surface area contributed by atoms with Gasteiger partial charge in [0.25, 0.3) is 0 Å². The van der Waals surface area contributed by atoms with Crippen molar-refractivity contribution in [1.82, 2.24) is 0 Å². The monoisotopic (exact) mass is 867 g/mol. The number of unbranched alkanes of at least 4 members (excludes halogenated alkanes) is 28. The summed E-state index contributed by atoms with van der Waals surface area (Å²) in [6.07, 6.45) is 66.7. The van der Waals surface area contributed by atoms with E-state index in [1.165, 1.54) is 148 Å². The predicted molar refractivity (Wildman–Crippen MR) is 270 cm³/mol. The third-order valence-corrected chi connectivity index (χ3v) is 11.5. The lowest BCUT2D eigenvalue weighted by Crippen LogP contribution is -2.30. The van der Waals surface area contributed by atoms with Gasteiger partial charge in [0.2, 0.25) is 0 Å². The summed E-state index contributed by atoms with van der Waals surface area (Å²) in [5.74, 6) is -0.422. The van der Waals surface area contributed by atoms with E-state index in [1.54, 1.807) is 0 Å². The molecular weight excluding hydrogens is 765 g/mol. The molecule has 0 aromatic rings. The van der Waals surface area contributed by atoms with Crippen LogP contribution in [0.1, 0.15) is 265 Å². The molecule has 62 heavy (non-hydrogen) atoms. The van der Waals surface area contributed by atoms with Crippen LogP contribution in [0.25, 0.3) is 0 Å². The van der Waals surface area contributed by atoms with Crippen molar-refractivity contribution >= 4 is 11.9 Å². The highest BCUT2D eigenvalue weighted by atomic mass is 16.6. The SMILES string of the molecule is CC/C=C\C/C=C\C/C=C\CCCCCCCC(=O)OCC(COCCCCCCCCCCCC/C=C\CCCCCCCC)OC(=O)CCCCCCC/C=C\CCCC. The van der Waals surface area contributed by atoms with Gasteiger partial charge in [-0.2, -0.15) is 0 Å². The molecule has 0 aromatic heterocycles. The topological polar surface area (TPSA) is 61.8 Å². The van der Waals surface area contributed by atoms with Gasteiger partial charge in [-0.3, -0.25) is 9.59 Å². The van der Waals surface area contributed by atoms with Crippen LogP contribution in [-0.2, 0) is 23.8 Å². The second kappa shape index (κ2) is 52.9. The highest BCUT2D eigenvalue weighted by molar-refractivity contribution is 5.70. The second-order valence-corrected chi connectivity index (χ2v) is 17.7. The summed E-state index contributed by atoms with van der Waals surface area (Å²) in [6.45, 7) is 7.67. The highest BCUT2D eigenvalue weighted by Gasteiger charge is 2.17. The smallest absolute Gasteiger partial charge is 0.306 e. The first kappa shape index (κ1) is 59.6. The number of esters is 2. The van der Waals surface area contributed by atoms with E-state index in [2.05, 4.69) is 81.5 Å². The van der Waals surface area contributed by atoms with E-state index in [0.29, 0.717) is 19.4 Å². The maximum atomic E-state index is 12.8. The third-order valence-electron chi connectivity index (χ3n) is 11.5. The van der Waals surface area contributed by atoms with Crippen molar-refractivity contribution in [3.05, 3.63) is 60.8 Å². The van der Waals surface area contributed by atoms with Crippen molar-refractivity contribution in [2.75, 3.05) is 19.8 Å². The summed E-state index contributed by atoms with van der Waals surface area (Å²) in [6, 6.07) is 0. The van der Waals surface area contributed by atoms with Crippen molar-refractivity contribution in [2.24, 2.45) is 0 Å². The Balaban J connectivity index is 4.22. The minimum absolute atomic E-state index is 0.0727. The molecule has 0 fully saturated rings. The van der Waals surface area contributed by atoms with E-state index in [4.69, 9.17) is 14.2 Å². The molecule has 0 spiro atoms. The molecular formula is C57H102O5. The lowest BCUT2D eigenvalue weighted by atomic mass is 10.1. The van der Waals surface area contributed by atoms with Crippen molar-refractivity contribution in [3.8, 4) is 0 Å². The number of hydrogen-bond acceptors (Lipinski definition) is 5. The fourth-order valence-electron chi connectivity index (χ4n) is 7.50.